The van der Waals surface area contributed by atoms with E-state index in [9.17, 15) is 9.59 Å². The molecule has 108 valence electrons. The van der Waals surface area contributed by atoms with Crippen LogP contribution in [-0.4, -0.2) is 28.4 Å². The molecule has 1 saturated carbocycles. The van der Waals surface area contributed by atoms with Crippen molar-refractivity contribution in [1.82, 2.24) is 9.88 Å². The highest BCUT2D eigenvalue weighted by atomic mass is 79.9. The second kappa shape index (κ2) is 5.72. The first kappa shape index (κ1) is 13.9. The quantitative estimate of drug-likeness (QED) is 0.921. The van der Waals surface area contributed by atoms with Crippen LogP contribution in [0.2, 0.25) is 0 Å². The van der Waals surface area contributed by atoms with Crippen LogP contribution in [0.4, 0.5) is 0 Å². The molecule has 1 aliphatic heterocycles. The number of pyridine rings is 1. The molecule has 3 rings (SSSR count). The molecule has 5 heteroatoms. The summed E-state index contributed by atoms with van der Waals surface area (Å²) in [6.45, 7) is 0.815. The topological polar surface area (TPSA) is 53.2 Å². The first-order chi connectivity index (χ1) is 9.65. The Bertz CT molecular complexity index is 565. The number of hydrogen-bond acceptors (Lipinski definition) is 2. The molecule has 1 aliphatic carbocycles. The van der Waals surface area contributed by atoms with Crippen LogP contribution in [0.25, 0.3) is 0 Å². The molecule has 20 heavy (non-hydrogen) atoms. The molecule has 0 spiro atoms. The Morgan fingerprint density at radius 1 is 1.35 bits per heavy atom. The summed E-state index contributed by atoms with van der Waals surface area (Å²) in [6, 6.07) is 1.75. The zero-order valence-corrected chi connectivity index (χ0v) is 13.0. The molecule has 1 saturated heterocycles. The number of carbonyl (C=O) groups is 1. The summed E-state index contributed by atoms with van der Waals surface area (Å²) in [4.78, 5) is 28.6. The Morgan fingerprint density at radius 3 is 2.85 bits per heavy atom. The molecule has 4 nitrogen and oxygen atoms in total. The maximum absolute atomic E-state index is 12.7. The molecule has 2 heterocycles. The van der Waals surface area contributed by atoms with Gasteiger partial charge in [0.15, 0.2) is 0 Å². The lowest BCUT2D eigenvalue weighted by Gasteiger charge is -2.32. The molecule has 1 amide bonds. The van der Waals surface area contributed by atoms with Crippen LogP contribution < -0.4 is 5.56 Å². The standard InChI is InChI=1S/C15H19BrN2O2/c16-13-9-17-14(19)8-12(13)15(20)18-6-2-5-11(18)7-10-3-1-4-10/h8-11H,1-7H2,(H,17,19). The normalized spacial score (nSPS) is 22.9. The number of nitrogens with one attached hydrogen (secondary N) is 1. The number of nitrogens with zero attached hydrogens (tertiary/aromatic N) is 1. The summed E-state index contributed by atoms with van der Waals surface area (Å²) in [5.41, 5.74) is 0.251. The molecule has 0 bridgehead atoms. The number of rotatable bonds is 3. The van der Waals surface area contributed by atoms with Gasteiger partial charge in [-0.25, -0.2) is 0 Å². The molecular weight excluding hydrogens is 320 g/mol. The van der Waals surface area contributed by atoms with E-state index < -0.39 is 0 Å². The van der Waals surface area contributed by atoms with E-state index in [0.29, 0.717) is 16.1 Å². The minimum absolute atomic E-state index is 0.00945. The van der Waals surface area contributed by atoms with Gasteiger partial charge in [-0.2, -0.15) is 0 Å². The second-order valence-electron chi connectivity index (χ2n) is 5.89. The second-order valence-corrected chi connectivity index (χ2v) is 6.74. The molecular formula is C15H19BrN2O2. The first-order valence-corrected chi connectivity index (χ1v) is 8.13. The fourth-order valence-electron chi connectivity index (χ4n) is 3.23. The van der Waals surface area contributed by atoms with Gasteiger partial charge in [0.05, 0.1) is 5.56 Å². The monoisotopic (exact) mass is 338 g/mol. The molecule has 1 N–H and O–H groups in total. The molecule has 1 unspecified atom stereocenters. The lowest BCUT2D eigenvalue weighted by Crippen LogP contribution is -2.38. The Morgan fingerprint density at radius 2 is 2.15 bits per heavy atom. The third kappa shape index (κ3) is 2.68. The van der Waals surface area contributed by atoms with Gasteiger partial charge in [-0.3, -0.25) is 9.59 Å². The number of hydrogen-bond donors (Lipinski definition) is 1. The van der Waals surface area contributed by atoms with Crippen molar-refractivity contribution in [2.45, 2.75) is 44.6 Å². The van der Waals surface area contributed by atoms with E-state index in [1.165, 1.54) is 25.3 Å². The maximum atomic E-state index is 12.7. The number of aromatic amines is 1. The highest BCUT2D eigenvalue weighted by Crippen LogP contribution is 2.35. The molecule has 0 radical (unpaired) electrons. The van der Waals surface area contributed by atoms with E-state index in [0.717, 1.165) is 31.7 Å². The van der Waals surface area contributed by atoms with Crippen LogP contribution in [0, 0.1) is 5.92 Å². The van der Waals surface area contributed by atoms with Gasteiger partial charge in [-0.05, 0) is 41.1 Å². The molecule has 2 aliphatic rings. The lowest BCUT2D eigenvalue weighted by molar-refractivity contribution is 0.0701. The van der Waals surface area contributed by atoms with Crippen LogP contribution in [0.15, 0.2) is 21.5 Å². The molecule has 2 fully saturated rings. The summed E-state index contributed by atoms with van der Waals surface area (Å²) < 4.78 is 0.663. The van der Waals surface area contributed by atoms with Crippen LogP contribution in [-0.2, 0) is 0 Å². The van der Waals surface area contributed by atoms with E-state index in [1.807, 2.05) is 4.90 Å². The van der Waals surface area contributed by atoms with Crippen molar-refractivity contribution >= 4 is 21.8 Å². The summed E-state index contributed by atoms with van der Waals surface area (Å²) in [5.74, 6) is 0.792. The minimum Gasteiger partial charge on any atom is -0.336 e. The predicted octanol–water partition coefficient (Wildman–Crippen LogP) is 2.93. The average Bonchev–Trinajstić information content (AvgIpc) is 2.84. The Kier molecular flexibility index (Phi) is 3.96. The van der Waals surface area contributed by atoms with E-state index in [2.05, 4.69) is 20.9 Å². The number of likely N-dealkylation sites (tertiary alicyclic amines) is 1. The number of aromatic nitrogens is 1. The summed E-state index contributed by atoms with van der Waals surface area (Å²) in [7, 11) is 0. The Labute approximate surface area is 126 Å². The first-order valence-electron chi connectivity index (χ1n) is 7.34. The lowest BCUT2D eigenvalue weighted by atomic mass is 9.80. The number of H-pyrrole nitrogens is 1. The van der Waals surface area contributed by atoms with Gasteiger partial charge >= 0.3 is 0 Å². The van der Waals surface area contributed by atoms with Crippen molar-refractivity contribution in [3.8, 4) is 0 Å². The van der Waals surface area contributed by atoms with Crippen LogP contribution in [0.3, 0.4) is 0 Å². The van der Waals surface area contributed by atoms with E-state index in [4.69, 9.17) is 0 Å². The van der Waals surface area contributed by atoms with Crippen molar-refractivity contribution in [2.24, 2.45) is 5.92 Å². The molecule has 1 atom stereocenters. The highest BCUT2D eigenvalue weighted by Gasteiger charge is 2.33. The van der Waals surface area contributed by atoms with Crippen molar-refractivity contribution in [2.75, 3.05) is 6.54 Å². The predicted molar refractivity (Wildman–Crippen MR) is 80.8 cm³/mol. The zero-order chi connectivity index (χ0) is 14.1. The zero-order valence-electron chi connectivity index (χ0n) is 11.4. The SMILES string of the molecule is O=C(c1cc(=O)[nH]cc1Br)N1CCCC1CC1CCC1. The van der Waals surface area contributed by atoms with Crippen molar-refractivity contribution in [3.05, 3.63) is 32.7 Å². The average molecular weight is 339 g/mol. The van der Waals surface area contributed by atoms with Gasteiger partial charge in [-0.1, -0.05) is 19.3 Å². The Balaban J connectivity index is 1.77. The number of halogens is 1. The van der Waals surface area contributed by atoms with Crippen molar-refractivity contribution in [3.63, 3.8) is 0 Å². The third-order valence-corrected chi connectivity index (χ3v) is 5.23. The van der Waals surface area contributed by atoms with Gasteiger partial charge in [-0.15, -0.1) is 0 Å². The van der Waals surface area contributed by atoms with Crippen LogP contribution in [0.1, 0.15) is 48.9 Å². The third-order valence-electron chi connectivity index (χ3n) is 4.57. The molecule has 0 aromatic carbocycles. The van der Waals surface area contributed by atoms with E-state index >= 15 is 0 Å². The molecule has 1 aromatic rings. The van der Waals surface area contributed by atoms with Gasteiger partial charge in [0.25, 0.3) is 5.91 Å². The van der Waals surface area contributed by atoms with Gasteiger partial charge in [0.2, 0.25) is 5.56 Å². The van der Waals surface area contributed by atoms with E-state index in [1.54, 1.807) is 6.20 Å². The smallest absolute Gasteiger partial charge is 0.255 e. The maximum Gasteiger partial charge on any atom is 0.255 e. The van der Waals surface area contributed by atoms with Crippen LogP contribution >= 0.6 is 15.9 Å². The fraction of sp³-hybridized carbons (Fsp3) is 0.600. The summed E-state index contributed by atoms with van der Waals surface area (Å²) in [6.07, 6.45) is 8.82. The number of amides is 1. The minimum atomic E-state index is -0.230. The van der Waals surface area contributed by atoms with Gasteiger partial charge in [0.1, 0.15) is 0 Å². The molecule has 1 aromatic heterocycles. The summed E-state index contributed by atoms with van der Waals surface area (Å²) >= 11 is 3.36. The van der Waals surface area contributed by atoms with Crippen LogP contribution in [0.5, 0.6) is 0 Å². The van der Waals surface area contributed by atoms with Crippen molar-refractivity contribution < 1.29 is 4.79 Å². The van der Waals surface area contributed by atoms with E-state index in [-0.39, 0.29) is 11.5 Å². The van der Waals surface area contributed by atoms with Gasteiger partial charge < -0.3 is 9.88 Å². The fourth-order valence-corrected chi connectivity index (χ4v) is 3.63. The Hall–Kier alpha value is -1.10. The van der Waals surface area contributed by atoms with Gasteiger partial charge in [0, 0.05) is 29.3 Å². The van der Waals surface area contributed by atoms with Crippen molar-refractivity contribution in [1.29, 1.82) is 0 Å². The number of carbonyl (C=O) groups excluding carboxylic acids is 1. The highest BCUT2D eigenvalue weighted by molar-refractivity contribution is 9.10. The largest absolute Gasteiger partial charge is 0.336 e. The summed E-state index contributed by atoms with van der Waals surface area (Å²) in [5, 5.41) is 0.